The summed E-state index contributed by atoms with van der Waals surface area (Å²) in [6.45, 7) is 4.20. The number of aliphatic carboxylic acids is 1. The van der Waals surface area contributed by atoms with Gasteiger partial charge in [-0.15, -0.1) is 0 Å². The number of benzene rings is 1. The third-order valence-electron chi connectivity index (χ3n) is 3.11. The largest absolute Gasteiger partial charge is 0.480 e. The van der Waals surface area contributed by atoms with Crippen LogP contribution < -0.4 is 4.90 Å². The van der Waals surface area contributed by atoms with E-state index in [9.17, 15) is 9.59 Å². The molecule has 0 aliphatic carbocycles. The SMILES string of the molecule is CCN(CCCO)C(=O)N(CC(=O)O)c1ccc(C)cc1. The molecule has 0 saturated carbocycles. The van der Waals surface area contributed by atoms with E-state index in [1.54, 1.807) is 12.1 Å². The van der Waals surface area contributed by atoms with Crippen molar-refractivity contribution in [2.24, 2.45) is 0 Å². The van der Waals surface area contributed by atoms with E-state index in [0.717, 1.165) is 5.56 Å². The summed E-state index contributed by atoms with van der Waals surface area (Å²) in [5.74, 6) is -1.07. The molecule has 0 aromatic heterocycles. The molecule has 0 radical (unpaired) electrons. The molecule has 0 aliphatic rings. The van der Waals surface area contributed by atoms with Crippen LogP contribution in [-0.2, 0) is 4.79 Å². The summed E-state index contributed by atoms with van der Waals surface area (Å²) in [5.41, 5.74) is 1.59. The molecule has 1 aromatic rings. The number of anilines is 1. The zero-order chi connectivity index (χ0) is 15.8. The summed E-state index contributed by atoms with van der Waals surface area (Å²) in [6, 6.07) is 6.77. The summed E-state index contributed by atoms with van der Waals surface area (Å²) in [5, 5.41) is 17.9. The van der Waals surface area contributed by atoms with Crippen molar-refractivity contribution < 1.29 is 19.8 Å². The number of aliphatic hydroxyl groups is 1. The smallest absolute Gasteiger partial charge is 0.325 e. The Bertz CT molecular complexity index is 473. The predicted molar refractivity (Wildman–Crippen MR) is 80.5 cm³/mol. The average Bonchev–Trinajstić information content (AvgIpc) is 2.46. The maximum atomic E-state index is 12.5. The number of rotatable bonds is 7. The van der Waals surface area contributed by atoms with Crippen LogP contribution in [0.15, 0.2) is 24.3 Å². The number of carboxylic acid groups (broad SMARTS) is 1. The molecule has 1 aromatic carbocycles. The van der Waals surface area contributed by atoms with E-state index >= 15 is 0 Å². The second-order valence-electron chi connectivity index (χ2n) is 4.75. The van der Waals surface area contributed by atoms with Crippen molar-refractivity contribution in [1.82, 2.24) is 4.90 Å². The third kappa shape index (κ3) is 5.07. The Balaban J connectivity index is 2.97. The van der Waals surface area contributed by atoms with E-state index in [1.165, 1.54) is 9.80 Å². The number of nitrogens with zero attached hydrogens (tertiary/aromatic N) is 2. The fourth-order valence-electron chi connectivity index (χ4n) is 1.95. The van der Waals surface area contributed by atoms with Gasteiger partial charge in [0.15, 0.2) is 0 Å². The molecule has 116 valence electrons. The van der Waals surface area contributed by atoms with E-state index in [2.05, 4.69) is 0 Å². The number of carboxylic acids is 1. The Hall–Kier alpha value is -2.08. The van der Waals surface area contributed by atoms with Gasteiger partial charge < -0.3 is 15.1 Å². The molecule has 6 nitrogen and oxygen atoms in total. The zero-order valence-corrected chi connectivity index (χ0v) is 12.5. The molecular weight excluding hydrogens is 272 g/mol. The topological polar surface area (TPSA) is 81.1 Å². The number of aryl methyl sites for hydroxylation is 1. The van der Waals surface area contributed by atoms with Gasteiger partial charge in [-0.1, -0.05) is 17.7 Å². The molecule has 0 heterocycles. The van der Waals surface area contributed by atoms with Crippen molar-refractivity contribution in [3.05, 3.63) is 29.8 Å². The highest BCUT2D eigenvalue weighted by atomic mass is 16.4. The van der Waals surface area contributed by atoms with Gasteiger partial charge in [0.05, 0.1) is 0 Å². The monoisotopic (exact) mass is 294 g/mol. The fourth-order valence-corrected chi connectivity index (χ4v) is 1.95. The number of urea groups is 1. The summed E-state index contributed by atoms with van der Waals surface area (Å²) < 4.78 is 0. The minimum absolute atomic E-state index is 0.00670. The van der Waals surface area contributed by atoms with Gasteiger partial charge in [-0.2, -0.15) is 0 Å². The van der Waals surface area contributed by atoms with Crippen molar-refractivity contribution in [2.75, 3.05) is 31.1 Å². The fraction of sp³-hybridized carbons (Fsp3) is 0.467. The van der Waals surface area contributed by atoms with Gasteiger partial charge in [0.2, 0.25) is 0 Å². The lowest BCUT2D eigenvalue weighted by Crippen LogP contribution is -2.46. The van der Waals surface area contributed by atoms with Gasteiger partial charge in [0, 0.05) is 25.4 Å². The first-order valence-electron chi connectivity index (χ1n) is 6.95. The minimum atomic E-state index is -1.07. The number of carbonyl (C=O) groups excluding carboxylic acids is 1. The number of aliphatic hydroxyl groups excluding tert-OH is 1. The summed E-state index contributed by atoms with van der Waals surface area (Å²) in [4.78, 5) is 26.3. The van der Waals surface area contributed by atoms with Crippen molar-refractivity contribution in [1.29, 1.82) is 0 Å². The first-order valence-corrected chi connectivity index (χ1v) is 6.95. The Kier molecular flexibility index (Phi) is 6.68. The van der Waals surface area contributed by atoms with E-state index in [-0.39, 0.29) is 12.6 Å². The lowest BCUT2D eigenvalue weighted by atomic mass is 10.2. The van der Waals surface area contributed by atoms with Crippen LogP contribution in [0, 0.1) is 6.92 Å². The summed E-state index contributed by atoms with van der Waals surface area (Å²) in [7, 11) is 0. The summed E-state index contributed by atoms with van der Waals surface area (Å²) in [6.07, 6.45) is 0.467. The Morgan fingerprint density at radius 1 is 1.19 bits per heavy atom. The first kappa shape index (κ1) is 17.0. The van der Waals surface area contributed by atoms with Crippen LogP contribution in [0.5, 0.6) is 0 Å². The number of carbonyl (C=O) groups is 2. The standard InChI is InChI=1S/C15H22N2O4/c1-3-16(9-4-10-18)15(21)17(11-14(19)20)13-7-5-12(2)6-8-13/h5-8,18H,3-4,9-11H2,1-2H3,(H,19,20). The number of hydrogen-bond donors (Lipinski definition) is 2. The lowest BCUT2D eigenvalue weighted by Gasteiger charge is -2.29. The normalized spacial score (nSPS) is 10.2. The molecule has 2 amide bonds. The van der Waals surface area contributed by atoms with Crippen LogP contribution in [0.2, 0.25) is 0 Å². The van der Waals surface area contributed by atoms with E-state index in [4.69, 9.17) is 10.2 Å². The second-order valence-corrected chi connectivity index (χ2v) is 4.75. The van der Waals surface area contributed by atoms with Crippen molar-refractivity contribution in [3.8, 4) is 0 Å². The molecule has 0 fully saturated rings. The Morgan fingerprint density at radius 2 is 1.81 bits per heavy atom. The van der Waals surface area contributed by atoms with Crippen LogP contribution in [0.3, 0.4) is 0 Å². The van der Waals surface area contributed by atoms with Crippen LogP contribution in [0.1, 0.15) is 18.9 Å². The van der Waals surface area contributed by atoms with Crippen LogP contribution in [0.4, 0.5) is 10.5 Å². The molecule has 0 unspecified atom stereocenters. The first-order chi connectivity index (χ1) is 9.99. The van der Waals surface area contributed by atoms with E-state index in [0.29, 0.717) is 25.2 Å². The lowest BCUT2D eigenvalue weighted by molar-refractivity contribution is -0.135. The van der Waals surface area contributed by atoms with Crippen LogP contribution in [0.25, 0.3) is 0 Å². The summed E-state index contributed by atoms with van der Waals surface area (Å²) >= 11 is 0. The Morgan fingerprint density at radius 3 is 2.29 bits per heavy atom. The minimum Gasteiger partial charge on any atom is -0.480 e. The molecule has 2 N–H and O–H groups in total. The van der Waals surface area contributed by atoms with Gasteiger partial charge in [-0.3, -0.25) is 9.69 Å². The second kappa shape index (κ2) is 8.26. The maximum Gasteiger partial charge on any atom is 0.325 e. The Labute approximate surface area is 124 Å². The van der Waals surface area contributed by atoms with Crippen LogP contribution in [-0.4, -0.2) is 53.4 Å². The predicted octanol–water partition coefficient (Wildman–Crippen LogP) is 1.71. The molecule has 0 bridgehead atoms. The van der Waals surface area contributed by atoms with Gasteiger partial charge in [0.25, 0.3) is 0 Å². The average molecular weight is 294 g/mol. The molecule has 0 spiro atoms. The third-order valence-corrected chi connectivity index (χ3v) is 3.11. The van der Waals surface area contributed by atoms with Crippen molar-refractivity contribution >= 4 is 17.7 Å². The molecule has 21 heavy (non-hydrogen) atoms. The molecule has 0 saturated heterocycles. The number of hydrogen-bond acceptors (Lipinski definition) is 3. The van der Waals surface area contributed by atoms with E-state index < -0.39 is 12.5 Å². The van der Waals surface area contributed by atoms with E-state index in [1.807, 2.05) is 26.0 Å². The maximum absolute atomic E-state index is 12.5. The quantitative estimate of drug-likeness (QED) is 0.802. The molecule has 1 rings (SSSR count). The van der Waals surface area contributed by atoms with Gasteiger partial charge in [-0.25, -0.2) is 4.79 Å². The molecule has 6 heteroatoms. The molecular formula is C15H22N2O4. The van der Waals surface area contributed by atoms with Gasteiger partial charge in [0.1, 0.15) is 6.54 Å². The number of amides is 2. The molecule has 0 atom stereocenters. The molecule has 0 aliphatic heterocycles. The van der Waals surface area contributed by atoms with Gasteiger partial charge >= 0.3 is 12.0 Å². The highest BCUT2D eigenvalue weighted by molar-refractivity contribution is 5.96. The van der Waals surface area contributed by atoms with Gasteiger partial charge in [-0.05, 0) is 32.4 Å². The van der Waals surface area contributed by atoms with Crippen molar-refractivity contribution in [2.45, 2.75) is 20.3 Å². The highest BCUT2D eigenvalue weighted by Gasteiger charge is 2.23. The van der Waals surface area contributed by atoms with Crippen LogP contribution >= 0.6 is 0 Å². The highest BCUT2D eigenvalue weighted by Crippen LogP contribution is 2.17. The zero-order valence-electron chi connectivity index (χ0n) is 12.5. The van der Waals surface area contributed by atoms with Crippen molar-refractivity contribution in [3.63, 3.8) is 0 Å².